The van der Waals surface area contributed by atoms with Crippen LogP contribution < -0.4 is 0 Å². The van der Waals surface area contributed by atoms with Gasteiger partial charge in [0.05, 0.1) is 18.8 Å². The highest BCUT2D eigenvalue weighted by Crippen LogP contribution is 2.38. The summed E-state index contributed by atoms with van der Waals surface area (Å²) in [6.07, 6.45) is 7.77. The van der Waals surface area contributed by atoms with Crippen LogP contribution in [0.1, 0.15) is 44.9 Å². The summed E-state index contributed by atoms with van der Waals surface area (Å²) in [6.45, 7) is 6.52. The molecule has 1 spiro atoms. The molecular formula is C18H30N2O3. The molecule has 1 atom stereocenters. The Bertz CT molecular complexity index is 424. The maximum atomic E-state index is 12.4. The number of morpholine rings is 1. The first-order valence-electron chi connectivity index (χ1n) is 9.50. The molecule has 3 heterocycles. The first-order chi connectivity index (χ1) is 11.3. The van der Waals surface area contributed by atoms with Gasteiger partial charge in [0.2, 0.25) is 5.91 Å². The van der Waals surface area contributed by atoms with Crippen molar-refractivity contribution in [2.75, 3.05) is 46.0 Å². The van der Waals surface area contributed by atoms with Crippen molar-refractivity contribution in [2.45, 2.75) is 56.6 Å². The van der Waals surface area contributed by atoms with Gasteiger partial charge in [-0.15, -0.1) is 0 Å². The van der Waals surface area contributed by atoms with E-state index in [9.17, 15) is 4.79 Å². The van der Waals surface area contributed by atoms with Crippen LogP contribution in [0.5, 0.6) is 0 Å². The maximum Gasteiger partial charge on any atom is 0.225 e. The number of rotatable bonds is 2. The molecular weight excluding hydrogens is 292 g/mol. The van der Waals surface area contributed by atoms with E-state index >= 15 is 0 Å². The summed E-state index contributed by atoms with van der Waals surface area (Å²) in [6, 6.07) is 0.640. The number of likely N-dealkylation sites (tertiary alicyclic amines) is 1. The van der Waals surface area contributed by atoms with E-state index in [0.717, 1.165) is 84.5 Å². The van der Waals surface area contributed by atoms with Crippen molar-refractivity contribution < 1.29 is 14.3 Å². The van der Waals surface area contributed by atoms with Crippen LogP contribution in [0.4, 0.5) is 0 Å². The molecule has 3 aliphatic heterocycles. The fourth-order valence-electron chi connectivity index (χ4n) is 4.65. The highest BCUT2D eigenvalue weighted by molar-refractivity contribution is 5.79. The maximum absolute atomic E-state index is 12.4. The number of carbonyl (C=O) groups excluding carboxylic acids is 1. The molecule has 0 aromatic carbocycles. The topological polar surface area (TPSA) is 42.0 Å². The number of nitrogens with zero attached hydrogens (tertiary/aromatic N) is 2. The van der Waals surface area contributed by atoms with E-state index in [0.29, 0.717) is 17.9 Å². The van der Waals surface area contributed by atoms with Gasteiger partial charge in [0.1, 0.15) is 0 Å². The zero-order valence-corrected chi connectivity index (χ0v) is 14.2. The molecule has 0 N–H and O–H groups in total. The van der Waals surface area contributed by atoms with Gasteiger partial charge in [0, 0.05) is 44.7 Å². The Morgan fingerprint density at radius 1 is 0.957 bits per heavy atom. The van der Waals surface area contributed by atoms with E-state index in [-0.39, 0.29) is 5.60 Å². The largest absolute Gasteiger partial charge is 0.379 e. The zero-order chi connectivity index (χ0) is 15.7. The van der Waals surface area contributed by atoms with Crippen molar-refractivity contribution in [1.82, 2.24) is 9.80 Å². The minimum absolute atomic E-state index is 0.0254. The quantitative estimate of drug-likeness (QED) is 0.775. The van der Waals surface area contributed by atoms with Crippen LogP contribution >= 0.6 is 0 Å². The van der Waals surface area contributed by atoms with Crippen LogP contribution in [-0.4, -0.2) is 73.3 Å². The fourth-order valence-corrected chi connectivity index (χ4v) is 4.65. The summed E-state index contributed by atoms with van der Waals surface area (Å²) in [5, 5.41) is 0. The Balaban J connectivity index is 1.33. The third-order valence-corrected chi connectivity index (χ3v) is 6.47. The Morgan fingerprint density at radius 3 is 2.35 bits per heavy atom. The van der Waals surface area contributed by atoms with E-state index in [2.05, 4.69) is 9.80 Å². The van der Waals surface area contributed by atoms with Crippen LogP contribution in [0.15, 0.2) is 0 Å². The molecule has 0 bridgehead atoms. The molecule has 5 heteroatoms. The molecule has 1 aliphatic carbocycles. The lowest BCUT2D eigenvalue weighted by atomic mass is 9.80. The van der Waals surface area contributed by atoms with E-state index < -0.39 is 0 Å². The van der Waals surface area contributed by atoms with Crippen LogP contribution in [0, 0.1) is 5.92 Å². The normalized spacial score (nSPS) is 32.7. The lowest BCUT2D eigenvalue weighted by molar-refractivity contribution is -0.156. The van der Waals surface area contributed by atoms with Gasteiger partial charge < -0.3 is 14.4 Å². The molecule has 1 unspecified atom stereocenters. The lowest BCUT2D eigenvalue weighted by Gasteiger charge is -2.49. The molecule has 4 aliphatic rings. The SMILES string of the molecule is O=C(C1CCC1)N1CCC2(CC1)CC(N1CCOCC1)CCO2. The van der Waals surface area contributed by atoms with Crippen LogP contribution in [0.25, 0.3) is 0 Å². The molecule has 5 nitrogen and oxygen atoms in total. The van der Waals surface area contributed by atoms with Crippen molar-refractivity contribution in [3.63, 3.8) is 0 Å². The Morgan fingerprint density at radius 2 is 1.70 bits per heavy atom. The second-order valence-electron chi connectivity index (χ2n) is 7.78. The minimum atomic E-state index is 0.0254. The van der Waals surface area contributed by atoms with E-state index in [4.69, 9.17) is 9.47 Å². The lowest BCUT2D eigenvalue weighted by Crippen LogP contribution is -2.56. The van der Waals surface area contributed by atoms with Gasteiger partial charge in [0.15, 0.2) is 0 Å². The first kappa shape index (κ1) is 15.9. The smallest absolute Gasteiger partial charge is 0.225 e. The monoisotopic (exact) mass is 322 g/mol. The summed E-state index contributed by atoms with van der Waals surface area (Å²) in [5.41, 5.74) is 0.0254. The molecule has 4 fully saturated rings. The van der Waals surface area contributed by atoms with Crippen molar-refractivity contribution in [3.05, 3.63) is 0 Å². The fraction of sp³-hybridized carbons (Fsp3) is 0.944. The molecule has 1 saturated carbocycles. The molecule has 0 aromatic rings. The van der Waals surface area contributed by atoms with Gasteiger partial charge >= 0.3 is 0 Å². The van der Waals surface area contributed by atoms with E-state index in [1.807, 2.05) is 0 Å². The predicted octanol–water partition coefficient (Wildman–Crippen LogP) is 1.66. The summed E-state index contributed by atoms with van der Waals surface area (Å²) in [4.78, 5) is 17.1. The number of amides is 1. The third-order valence-electron chi connectivity index (χ3n) is 6.47. The third kappa shape index (κ3) is 3.28. The van der Waals surface area contributed by atoms with Crippen molar-refractivity contribution in [3.8, 4) is 0 Å². The van der Waals surface area contributed by atoms with E-state index in [1.165, 1.54) is 6.42 Å². The Labute approximate surface area is 139 Å². The zero-order valence-electron chi connectivity index (χ0n) is 14.2. The van der Waals surface area contributed by atoms with Gasteiger partial charge in [-0.1, -0.05) is 6.42 Å². The summed E-state index contributed by atoms with van der Waals surface area (Å²) < 4.78 is 11.7. The summed E-state index contributed by atoms with van der Waals surface area (Å²) >= 11 is 0. The average molecular weight is 322 g/mol. The number of carbonyl (C=O) groups is 1. The van der Waals surface area contributed by atoms with Gasteiger partial charge in [-0.2, -0.15) is 0 Å². The standard InChI is InChI=1S/C18H30N2O3/c21-17(15-2-1-3-15)20-7-5-18(6-8-20)14-16(4-11-23-18)19-9-12-22-13-10-19/h15-16H,1-14H2. The minimum Gasteiger partial charge on any atom is -0.379 e. The number of hydrogen-bond acceptors (Lipinski definition) is 4. The predicted molar refractivity (Wildman–Crippen MR) is 87.3 cm³/mol. The molecule has 130 valence electrons. The molecule has 0 aromatic heterocycles. The van der Waals surface area contributed by atoms with Crippen molar-refractivity contribution in [2.24, 2.45) is 5.92 Å². The van der Waals surface area contributed by atoms with Crippen LogP contribution in [0.3, 0.4) is 0 Å². The van der Waals surface area contributed by atoms with Crippen molar-refractivity contribution in [1.29, 1.82) is 0 Å². The highest BCUT2D eigenvalue weighted by atomic mass is 16.5. The van der Waals surface area contributed by atoms with Crippen LogP contribution in [0.2, 0.25) is 0 Å². The Kier molecular flexibility index (Phi) is 4.61. The van der Waals surface area contributed by atoms with Gasteiger partial charge in [-0.25, -0.2) is 0 Å². The molecule has 1 amide bonds. The highest BCUT2D eigenvalue weighted by Gasteiger charge is 2.43. The van der Waals surface area contributed by atoms with E-state index in [1.54, 1.807) is 0 Å². The average Bonchev–Trinajstić information content (AvgIpc) is 2.55. The van der Waals surface area contributed by atoms with Gasteiger partial charge in [-0.3, -0.25) is 9.69 Å². The van der Waals surface area contributed by atoms with Gasteiger partial charge in [0.25, 0.3) is 0 Å². The summed E-state index contributed by atoms with van der Waals surface area (Å²) in [5.74, 6) is 0.740. The van der Waals surface area contributed by atoms with Gasteiger partial charge in [-0.05, 0) is 38.5 Å². The molecule has 3 saturated heterocycles. The number of hydrogen-bond donors (Lipinski definition) is 0. The van der Waals surface area contributed by atoms with Crippen LogP contribution in [-0.2, 0) is 14.3 Å². The summed E-state index contributed by atoms with van der Waals surface area (Å²) in [7, 11) is 0. The first-order valence-corrected chi connectivity index (χ1v) is 9.50. The second-order valence-corrected chi connectivity index (χ2v) is 7.78. The molecule has 23 heavy (non-hydrogen) atoms. The Hall–Kier alpha value is -0.650. The molecule has 0 radical (unpaired) electrons. The second kappa shape index (κ2) is 6.69. The van der Waals surface area contributed by atoms with Crippen molar-refractivity contribution >= 4 is 5.91 Å². The molecule has 4 rings (SSSR count). The number of ether oxygens (including phenoxy) is 2. The number of piperidine rings is 1.